The molecule has 2 aliphatic rings. The van der Waals surface area contributed by atoms with Crippen molar-refractivity contribution in [1.29, 1.82) is 0 Å². The molecule has 2 aromatic rings. The number of hydrogen-bond donors (Lipinski definition) is 1. The predicted molar refractivity (Wildman–Crippen MR) is 85.6 cm³/mol. The van der Waals surface area contributed by atoms with Gasteiger partial charge in [-0.1, -0.05) is 12.1 Å². The third kappa shape index (κ3) is 2.58. The summed E-state index contributed by atoms with van der Waals surface area (Å²) in [6.45, 7) is 1.64. The Morgan fingerprint density at radius 2 is 2.13 bits per heavy atom. The quantitative estimate of drug-likeness (QED) is 0.940. The summed E-state index contributed by atoms with van der Waals surface area (Å²) in [5.74, 6) is 0.978. The number of H-pyrrole nitrogens is 1. The molecule has 4 rings (SSSR count). The highest BCUT2D eigenvalue weighted by molar-refractivity contribution is 5.86. The molecule has 2 fully saturated rings. The molecule has 0 unspecified atom stereocenters. The number of para-hydroxylation sites is 2. The lowest BCUT2D eigenvalue weighted by molar-refractivity contribution is -0.139. The first-order chi connectivity index (χ1) is 11.2. The maximum atomic E-state index is 12.6. The maximum Gasteiger partial charge on any atom is 0.242 e. The average molecular weight is 312 g/mol. The van der Waals surface area contributed by atoms with E-state index >= 15 is 0 Å². The number of aromatic amines is 1. The van der Waals surface area contributed by atoms with Gasteiger partial charge < -0.3 is 14.8 Å². The van der Waals surface area contributed by atoms with Crippen LogP contribution >= 0.6 is 0 Å². The Labute approximate surface area is 134 Å². The number of rotatable bonds is 3. The van der Waals surface area contributed by atoms with Gasteiger partial charge in [-0.15, -0.1) is 0 Å². The van der Waals surface area contributed by atoms with E-state index in [9.17, 15) is 9.59 Å². The lowest BCUT2D eigenvalue weighted by Gasteiger charge is -2.25. The van der Waals surface area contributed by atoms with E-state index in [1.54, 1.807) is 4.90 Å². The van der Waals surface area contributed by atoms with E-state index in [4.69, 9.17) is 0 Å². The molecule has 2 aliphatic heterocycles. The Hall–Kier alpha value is -2.37. The summed E-state index contributed by atoms with van der Waals surface area (Å²) in [4.78, 5) is 35.9. The van der Waals surface area contributed by atoms with E-state index in [0.29, 0.717) is 13.0 Å². The van der Waals surface area contributed by atoms with Gasteiger partial charge in [0.05, 0.1) is 23.6 Å². The van der Waals surface area contributed by atoms with Crippen LogP contribution in [0.4, 0.5) is 0 Å². The molecule has 0 radical (unpaired) electrons. The number of nitrogens with one attached hydrogen (secondary N) is 1. The summed E-state index contributed by atoms with van der Waals surface area (Å²) in [7, 11) is 0. The minimum absolute atomic E-state index is 0.00685. The number of imidazole rings is 1. The van der Waals surface area contributed by atoms with E-state index < -0.39 is 0 Å². The van der Waals surface area contributed by atoms with Crippen molar-refractivity contribution < 1.29 is 9.59 Å². The van der Waals surface area contributed by atoms with Crippen LogP contribution in [0.3, 0.4) is 0 Å². The Balaban J connectivity index is 1.53. The molecule has 2 amide bonds. The van der Waals surface area contributed by atoms with Crippen molar-refractivity contribution in [3.05, 3.63) is 30.1 Å². The third-order valence-corrected chi connectivity index (χ3v) is 4.79. The lowest BCUT2D eigenvalue weighted by atomic mass is 10.2. The SMILES string of the molecule is O=C1CCCN1CC(=O)N1CCC[C@@H]1c1nc2ccccc2[nH]1. The van der Waals surface area contributed by atoms with Crippen molar-refractivity contribution in [3.63, 3.8) is 0 Å². The first kappa shape index (κ1) is 14.2. The molecule has 1 N–H and O–H groups in total. The van der Waals surface area contributed by atoms with Crippen LogP contribution < -0.4 is 0 Å². The number of amides is 2. The van der Waals surface area contributed by atoms with Gasteiger partial charge in [0.25, 0.3) is 0 Å². The van der Waals surface area contributed by atoms with Gasteiger partial charge >= 0.3 is 0 Å². The maximum absolute atomic E-state index is 12.6. The Morgan fingerprint density at radius 1 is 1.26 bits per heavy atom. The van der Waals surface area contributed by atoms with E-state index in [1.165, 1.54) is 0 Å². The molecule has 120 valence electrons. The van der Waals surface area contributed by atoms with Crippen LogP contribution in [-0.2, 0) is 9.59 Å². The summed E-state index contributed by atoms with van der Waals surface area (Å²) in [5, 5.41) is 0. The van der Waals surface area contributed by atoms with Crippen molar-refractivity contribution in [2.24, 2.45) is 0 Å². The van der Waals surface area contributed by atoms with Crippen molar-refractivity contribution in [2.45, 2.75) is 31.7 Å². The lowest BCUT2D eigenvalue weighted by Crippen LogP contribution is -2.40. The minimum Gasteiger partial charge on any atom is -0.340 e. The van der Waals surface area contributed by atoms with Crippen LogP contribution in [0.1, 0.15) is 37.5 Å². The monoisotopic (exact) mass is 312 g/mol. The number of carbonyl (C=O) groups excluding carboxylic acids is 2. The normalized spacial score (nSPS) is 21.6. The van der Waals surface area contributed by atoms with E-state index in [1.807, 2.05) is 29.2 Å². The fourth-order valence-corrected chi connectivity index (χ4v) is 3.61. The van der Waals surface area contributed by atoms with Gasteiger partial charge in [-0.25, -0.2) is 4.98 Å². The molecule has 3 heterocycles. The molecule has 0 saturated carbocycles. The van der Waals surface area contributed by atoms with Crippen LogP contribution in [0.25, 0.3) is 11.0 Å². The van der Waals surface area contributed by atoms with Crippen molar-refractivity contribution in [1.82, 2.24) is 19.8 Å². The molecule has 0 spiro atoms. The largest absolute Gasteiger partial charge is 0.340 e. The van der Waals surface area contributed by atoms with Crippen molar-refractivity contribution in [3.8, 4) is 0 Å². The van der Waals surface area contributed by atoms with Crippen molar-refractivity contribution >= 4 is 22.8 Å². The molecular formula is C17H20N4O2. The smallest absolute Gasteiger partial charge is 0.242 e. The fraction of sp³-hybridized carbons (Fsp3) is 0.471. The van der Waals surface area contributed by atoms with Crippen LogP contribution in [0.15, 0.2) is 24.3 Å². The number of nitrogens with zero attached hydrogens (tertiary/aromatic N) is 3. The highest BCUT2D eigenvalue weighted by atomic mass is 16.2. The number of carbonyl (C=O) groups is 2. The molecule has 6 heteroatoms. The molecule has 1 aromatic carbocycles. The van der Waals surface area contributed by atoms with E-state index in [-0.39, 0.29) is 24.4 Å². The molecular weight excluding hydrogens is 292 g/mol. The van der Waals surface area contributed by atoms with Crippen LogP contribution in [-0.4, -0.2) is 51.2 Å². The van der Waals surface area contributed by atoms with Crippen LogP contribution in [0.5, 0.6) is 0 Å². The van der Waals surface area contributed by atoms with Crippen LogP contribution in [0, 0.1) is 0 Å². The highest BCUT2D eigenvalue weighted by Gasteiger charge is 2.34. The molecule has 1 aromatic heterocycles. The standard InChI is InChI=1S/C17H20N4O2/c22-15-8-4-9-20(15)11-16(23)21-10-3-7-14(21)17-18-12-5-1-2-6-13(12)19-17/h1-2,5-6,14H,3-4,7-11H2,(H,18,19)/t14-/m1/s1. The summed E-state index contributed by atoms with van der Waals surface area (Å²) in [5.41, 5.74) is 1.92. The molecule has 23 heavy (non-hydrogen) atoms. The second-order valence-electron chi connectivity index (χ2n) is 6.30. The van der Waals surface area contributed by atoms with Gasteiger partial charge in [0.1, 0.15) is 5.82 Å². The number of likely N-dealkylation sites (tertiary alicyclic amines) is 2. The Kier molecular flexibility index (Phi) is 3.52. The summed E-state index contributed by atoms with van der Waals surface area (Å²) >= 11 is 0. The van der Waals surface area contributed by atoms with Gasteiger partial charge in [-0.2, -0.15) is 0 Å². The number of hydrogen-bond acceptors (Lipinski definition) is 3. The zero-order valence-corrected chi connectivity index (χ0v) is 13.0. The number of fused-ring (bicyclic) bond motifs is 1. The average Bonchev–Trinajstić information content (AvgIpc) is 3.26. The summed E-state index contributed by atoms with van der Waals surface area (Å²) in [6, 6.07) is 7.90. The Morgan fingerprint density at radius 3 is 2.91 bits per heavy atom. The topological polar surface area (TPSA) is 69.3 Å². The predicted octanol–water partition coefficient (Wildman–Crippen LogP) is 1.85. The van der Waals surface area contributed by atoms with Gasteiger partial charge in [-0.3, -0.25) is 9.59 Å². The first-order valence-electron chi connectivity index (χ1n) is 8.24. The second kappa shape index (κ2) is 5.68. The fourth-order valence-electron chi connectivity index (χ4n) is 3.61. The first-order valence-corrected chi connectivity index (χ1v) is 8.24. The van der Waals surface area contributed by atoms with Gasteiger partial charge in [0.15, 0.2) is 0 Å². The summed E-state index contributed by atoms with van der Waals surface area (Å²) in [6.07, 6.45) is 3.32. The number of aromatic nitrogens is 2. The van der Waals surface area contributed by atoms with Crippen molar-refractivity contribution in [2.75, 3.05) is 19.6 Å². The molecule has 1 atom stereocenters. The molecule has 2 saturated heterocycles. The van der Waals surface area contributed by atoms with Gasteiger partial charge in [-0.05, 0) is 31.4 Å². The van der Waals surface area contributed by atoms with E-state index in [2.05, 4.69) is 9.97 Å². The summed E-state index contributed by atoms with van der Waals surface area (Å²) < 4.78 is 0. The van der Waals surface area contributed by atoms with Gasteiger partial charge in [0, 0.05) is 19.5 Å². The minimum atomic E-state index is -0.00685. The molecule has 6 nitrogen and oxygen atoms in total. The van der Waals surface area contributed by atoms with Gasteiger partial charge in [0.2, 0.25) is 11.8 Å². The number of benzene rings is 1. The van der Waals surface area contributed by atoms with E-state index in [0.717, 1.165) is 42.7 Å². The Bertz CT molecular complexity index is 721. The van der Waals surface area contributed by atoms with Crippen LogP contribution in [0.2, 0.25) is 0 Å². The third-order valence-electron chi connectivity index (χ3n) is 4.79. The molecule has 0 aliphatic carbocycles. The second-order valence-corrected chi connectivity index (χ2v) is 6.30. The zero-order valence-electron chi connectivity index (χ0n) is 13.0. The highest BCUT2D eigenvalue weighted by Crippen LogP contribution is 2.31. The molecule has 0 bridgehead atoms. The zero-order chi connectivity index (χ0) is 15.8.